The summed E-state index contributed by atoms with van der Waals surface area (Å²) >= 11 is 0. The van der Waals surface area contributed by atoms with Crippen molar-refractivity contribution in [3.05, 3.63) is 39.4 Å². The van der Waals surface area contributed by atoms with E-state index >= 15 is 0 Å². The number of nitro benzene ring substituents is 1. The van der Waals surface area contributed by atoms with Crippen LogP contribution in [0.1, 0.15) is 17.2 Å². The first-order chi connectivity index (χ1) is 6.74. The van der Waals surface area contributed by atoms with Gasteiger partial charge in [-0.1, -0.05) is 12.1 Å². The molecular weight excluding hydrogens is 184 g/mol. The minimum atomic E-state index is -0.389. The Bertz CT molecular complexity index is 378. The molecule has 0 amide bonds. The largest absolute Gasteiger partial charge is 0.394 e. The van der Waals surface area contributed by atoms with Gasteiger partial charge in [0.25, 0.3) is 5.69 Å². The molecule has 5 nitrogen and oxygen atoms in total. The van der Waals surface area contributed by atoms with Crippen LogP contribution < -0.4 is 5.32 Å². The number of rotatable bonds is 2. The van der Waals surface area contributed by atoms with Crippen LogP contribution in [0.5, 0.6) is 0 Å². The Kier molecular flexibility index (Phi) is 2.18. The lowest BCUT2D eigenvalue weighted by Gasteiger charge is -2.06. The van der Waals surface area contributed by atoms with Gasteiger partial charge in [-0.2, -0.15) is 0 Å². The van der Waals surface area contributed by atoms with Crippen LogP contribution in [0.2, 0.25) is 0 Å². The molecule has 1 aromatic rings. The topological polar surface area (TPSA) is 75.4 Å². The Balaban J connectivity index is 2.49. The molecule has 2 rings (SSSR count). The second-order valence-corrected chi connectivity index (χ2v) is 3.22. The van der Waals surface area contributed by atoms with Crippen LogP contribution in [0.4, 0.5) is 5.69 Å². The van der Waals surface area contributed by atoms with Crippen molar-refractivity contribution >= 4 is 5.69 Å². The van der Waals surface area contributed by atoms with Gasteiger partial charge in [-0.05, 0) is 5.56 Å². The first-order valence-corrected chi connectivity index (χ1v) is 4.34. The molecule has 0 aromatic heterocycles. The molecule has 0 saturated carbocycles. The van der Waals surface area contributed by atoms with Crippen molar-refractivity contribution in [2.24, 2.45) is 0 Å². The second-order valence-electron chi connectivity index (χ2n) is 3.22. The first-order valence-electron chi connectivity index (χ1n) is 4.34. The van der Waals surface area contributed by atoms with Gasteiger partial charge in [0.15, 0.2) is 0 Å². The zero-order valence-corrected chi connectivity index (χ0v) is 7.43. The summed E-state index contributed by atoms with van der Waals surface area (Å²) in [6.07, 6.45) is 0. The van der Waals surface area contributed by atoms with Crippen LogP contribution in [0, 0.1) is 10.1 Å². The fraction of sp³-hybridized carbons (Fsp3) is 0.333. The molecule has 0 bridgehead atoms. The fourth-order valence-corrected chi connectivity index (χ4v) is 1.78. The summed E-state index contributed by atoms with van der Waals surface area (Å²) in [5, 5.41) is 22.7. The third-order valence-electron chi connectivity index (χ3n) is 2.47. The number of hydrogen-bond donors (Lipinski definition) is 2. The molecule has 0 fully saturated rings. The molecule has 0 saturated heterocycles. The average Bonchev–Trinajstić information content (AvgIpc) is 2.59. The minimum absolute atomic E-state index is 0.0336. The van der Waals surface area contributed by atoms with Gasteiger partial charge in [-0.3, -0.25) is 10.1 Å². The van der Waals surface area contributed by atoms with Crippen molar-refractivity contribution in [2.75, 3.05) is 6.61 Å². The van der Waals surface area contributed by atoms with E-state index in [-0.39, 0.29) is 23.3 Å². The van der Waals surface area contributed by atoms with Crippen LogP contribution in [0.3, 0.4) is 0 Å². The van der Waals surface area contributed by atoms with Crippen LogP contribution in [0.25, 0.3) is 0 Å². The van der Waals surface area contributed by atoms with Crippen LogP contribution >= 0.6 is 0 Å². The molecule has 0 aliphatic carbocycles. The van der Waals surface area contributed by atoms with E-state index in [0.29, 0.717) is 12.1 Å². The number of benzene rings is 1. The number of nitrogens with one attached hydrogen (secondary N) is 1. The lowest BCUT2D eigenvalue weighted by Crippen LogP contribution is -2.15. The third kappa shape index (κ3) is 1.26. The zero-order chi connectivity index (χ0) is 10.1. The molecule has 14 heavy (non-hydrogen) atoms. The van der Waals surface area contributed by atoms with Gasteiger partial charge in [0.1, 0.15) is 0 Å². The number of nitrogens with zero attached hydrogens (tertiary/aromatic N) is 1. The van der Waals surface area contributed by atoms with E-state index in [1.807, 2.05) is 6.07 Å². The van der Waals surface area contributed by atoms with Crippen LogP contribution in [0.15, 0.2) is 18.2 Å². The molecular formula is C9H10N2O3. The smallest absolute Gasteiger partial charge is 0.274 e. The average molecular weight is 194 g/mol. The summed E-state index contributed by atoms with van der Waals surface area (Å²) in [5.41, 5.74) is 1.66. The van der Waals surface area contributed by atoms with E-state index in [4.69, 9.17) is 5.11 Å². The number of nitro groups is 1. The highest BCUT2D eigenvalue weighted by atomic mass is 16.6. The summed E-state index contributed by atoms with van der Waals surface area (Å²) in [6.45, 7) is 0.423. The molecule has 1 aliphatic heterocycles. The van der Waals surface area contributed by atoms with Gasteiger partial charge in [0.05, 0.1) is 17.6 Å². The van der Waals surface area contributed by atoms with E-state index < -0.39 is 0 Å². The van der Waals surface area contributed by atoms with Crippen LogP contribution in [-0.2, 0) is 6.54 Å². The number of fused-ring (bicyclic) bond motifs is 1. The van der Waals surface area contributed by atoms with Crippen molar-refractivity contribution in [1.82, 2.24) is 5.32 Å². The monoisotopic (exact) mass is 194 g/mol. The summed E-state index contributed by atoms with van der Waals surface area (Å²) in [6, 6.07) is 4.78. The normalized spacial score (nSPS) is 19.4. The summed E-state index contributed by atoms with van der Waals surface area (Å²) in [7, 11) is 0. The maximum atomic E-state index is 10.7. The summed E-state index contributed by atoms with van der Waals surface area (Å²) in [4.78, 5) is 10.3. The molecule has 1 aliphatic rings. The molecule has 1 atom stereocenters. The van der Waals surface area contributed by atoms with E-state index in [1.54, 1.807) is 6.07 Å². The van der Waals surface area contributed by atoms with Gasteiger partial charge in [-0.15, -0.1) is 0 Å². The highest BCUT2D eigenvalue weighted by Gasteiger charge is 2.27. The Morgan fingerprint density at radius 1 is 1.64 bits per heavy atom. The second kappa shape index (κ2) is 3.36. The van der Waals surface area contributed by atoms with Gasteiger partial charge in [-0.25, -0.2) is 0 Å². The predicted octanol–water partition coefficient (Wildman–Crippen LogP) is 0.731. The standard InChI is InChI=1S/C9H10N2O3/c12-5-8-6-2-1-3-9(11(13)14)7(6)4-10-8/h1-3,8,10,12H,4-5H2/t8-/m1/s1. The molecule has 1 aromatic carbocycles. The van der Waals surface area contributed by atoms with Gasteiger partial charge < -0.3 is 10.4 Å². The van der Waals surface area contributed by atoms with Gasteiger partial charge >= 0.3 is 0 Å². The highest BCUT2D eigenvalue weighted by Crippen LogP contribution is 2.31. The molecule has 0 unspecified atom stereocenters. The Labute approximate surface area is 80.5 Å². The molecule has 74 valence electrons. The minimum Gasteiger partial charge on any atom is -0.394 e. The Morgan fingerprint density at radius 3 is 3.07 bits per heavy atom. The zero-order valence-electron chi connectivity index (χ0n) is 7.43. The van der Waals surface area contributed by atoms with Crippen molar-refractivity contribution in [2.45, 2.75) is 12.6 Å². The van der Waals surface area contributed by atoms with E-state index in [0.717, 1.165) is 5.56 Å². The Morgan fingerprint density at radius 2 is 2.43 bits per heavy atom. The first kappa shape index (κ1) is 9.11. The van der Waals surface area contributed by atoms with Crippen molar-refractivity contribution < 1.29 is 10.0 Å². The molecule has 2 N–H and O–H groups in total. The quantitative estimate of drug-likeness (QED) is 0.537. The maximum absolute atomic E-state index is 10.7. The molecule has 5 heteroatoms. The van der Waals surface area contributed by atoms with Gasteiger partial charge in [0.2, 0.25) is 0 Å². The van der Waals surface area contributed by atoms with Crippen LogP contribution in [-0.4, -0.2) is 16.6 Å². The van der Waals surface area contributed by atoms with Gasteiger partial charge in [0, 0.05) is 18.2 Å². The predicted molar refractivity (Wildman–Crippen MR) is 49.8 cm³/mol. The summed E-state index contributed by atoms with van der Waals surface area (Å²) < 4.78 is 0. The highest BCUT2D eigenvalue weighted by molar-refractivity contribution is 5.49. The van der Waals surface area contributed by atoms with E-state index in [2.05, 4.69) is 5.32 Å². The van der Waals surface area contributed by atoms with Crippen molar-refractivity contribution in [1.29, 1.82) is 0 Å². The number of aliphatic hydroxyl groups is 1. The fourth-order valence-electron chi connectivity index (χ4n) is 1.78. The summed E-state index contributed by atoms with van der Waals surface area (Å²) in [5.74, 6) is 0. The molecule has 0 radical (unpaired) electrons. The Hall–Kier alpha value is -1.46. The number of hydrogen-bond acceptors (Lipinski definition) is 4. The van der Waals surface area contributed by atoms with Crippen molar-refractivity contribution in [3.63, 3.8) is 0 Å². The maximum Gasteiger partial charge on any atom is 0.274 e. The van der Waals surface area contributed by atoms with E-state index in [9.17, 15) is 10.1 Å². The molecule has 0 spiro atoms. The lowest BCUT2D eigenvalue weighted by molar-refractivity contribution is -0.385. The SMILES string of the molecule is O=[N+]([O-])c1cccc2c1CN[C@@H]2CO. The number of aliphatic hydroxyl groups excluding tert-OH is 1. The molecule has 1 heterocycles. The van der Waals surface area contributed by atoms with Crippen molar-refractivity contribution in [3.8, 4) is 0 Å². The third-order valence-corrected chi connectivity index (χ3v) is 2.47. The lowest BCUT2D eigenvalue weighted by atomic mass is 10.0. The van der Waals surface area contributed by atoms with E-state index in [1.165, 1.54) is 6.07 Å².